The first-order valence-corrected chi connectivity index (χ1v) is 4.77. The Bertz CT molecular complexity index is 141. The third kappa shape index (κ3) is 5.98. The Morgan fingerprint density at radius 1 is 1.70 bits per heavy atom. The fourth-order valence-electron chi connectivity index (χ4n) is 0.416. The van der Waals surface area contributed by atoms with Crippen molar-refractivity contribution in [3.05, 3.63) is 11.6 Å². The minimum absolute atomic E-state index is 0.461. The molecule has 0 saturated heterocycles. The van der Waals surface area contributed by atoms with Gasteiger partial charge in [0.2, 0.25) is 0 Å². The molecule has 1 atom stereocenters. The molecule has 2 nitrogen and oxygen atoms in total. The zero-order valence-corrected chi connectivity index (χ0v) is 7.53. The lowest BCUT2D eigenvalue weighted by Gasteiger charge is -1.95. The Morgan fingerprint density at radius 2 is 2.30 bits per heavy atom. The van der Waals surface area contributed by atoms with Crippen LogP contribution in [0.1, 0.15) is 20.3 Å². The van der Waals surface area contributed by atoms with Crippen molar-refractivity contribution in [1.82, 2.24) is 0 Å². The molecule has 60 valence electrons. The van der Waals surface area contributed by atoms with Crippen molar-refractivity contribution in [1.29, 1.82) is 0 Å². The molecule has 0 bridgehead atoms. The van der Waals surface area contributed by atoms with Crippen molar-refractivity contribution < 1.29 is 8.39 Å². The molecule has 0 heterocycles. The van der Waals surface area contributed by atoms with E-state index in [4.69, 9.17) is 4.18 Å². The Morgan fingerprint density at radius 3 is 2.70 bits per heavy atom. The van der Waals surface area contributed by atoms with E-state index in [1.807, 2.05) is 13.0 Å². The molecule has 0 amide bonds. The van der Waals surface area contributed by atoms with Crippen molar-refractivity contribution in [2.45, 2.75) is 20.3 Å². The fourth-order valence-corrected chi connectivity index (χ4v) is 0.676. The summed E-state index contributed by atoms with van der Waals surface area (Å²) in [5.41, 5.74) is 1.27. The van der Waals surface area contributed by atoms with Gasteiger partial charge in [0, 0.05) is 6.26 Å². The van der Waals surface area contributed by atoms with Crippen LogP contribution in [0.3, 0.4) is 0 Å². The molecule has 0 fully saturated rings. The van der Waals surface area contributed by atoms with Crippen molar-refractivity contribution in [2.24, 2.45) is 0 Å². The van der Waals surface area contributed by atoms with Crippen LogP contribution in [0.4, 0.5) is 0 Å². The largest absolute Gasteiger partial charge is 0.287 e. The summed E-state index contributed by atoms with van der Waals surface area (Å²) in [7, 11) is 0. The number of hydrogen-bond donors (Lipinski definition) is 0. The summed E-state index contributed by atoms with van der Waals surface area (Å²) >= 11 is -1.13. The van der Waals surface area contributed by atoms with Crippen molar-refractivity contribution in [3.8, 4) is 0 Å². The van der Waals surface area contributed by atoms with E-state index in [1.165, 1.54) is 11.8 Å². The molecule has 1 unspecified atom stereocenters. The summed E-state index contributed by atoms with van der Waals surface area (Å²) in [6, 6.07) is 0. The van der Waals surface area contributed by atoms with Crippen LogP contribution in [0.2, 0.25) is 0 Å². The van der Waals surface area contributed by atoms with E-state index in [0.717, 1.165) is 6.42 Å². The van der Waals surface area contributed by atoms with Crippen molar-refractivity contribution in [3.63, 3.8) is 0 Å². The maximum Gasteiger partial charge on any atom is 0.152 e. The first-order valence-electron chi connectivity index (χ1n) is 3.29. The molecule has 0 aliphatic rings. The van der Waals surface area contributed by atoms with E-state index < -0.39 is 11.1 Å². The molecule has 0 radical (unpaired) electrons. The van der Waals surface area contributed by atoms with Crippen LogP contribution in [0.15, 0.2) is 11.6 Å². The molecule has 0 spiro atoms. The highest BCUT2D eigenvalue weighted by molar-refractivity contribution is 7.79. The lowest BCUT2D eigenvalue weighted by molar-refractivity contribution is 0.397. The smallest absolute Gasteiger partial charge is 0.152 e. The normalized spacial score (nSPS) is 15.3. The second-order valence-electron chi connectivity index (χ2n) is 2.09. The molecule has 0 rings (SSSR count). The Kier molecular flexibility index (Phi) is 5.54. The predicted molar refractivity (Wildman–Crippen MR) is 44.1 cm³/mol. The van der Waals surface area contributed by atoms with Gasteiger partial charge in [0.15, 0.2) is 11.1 Å². The molecule has 0 aliphatic heterocycles. The molecule has 0 aliphatic carbocycles. The second-order valence-corrected chi connectivity index (χ2v) is 3.13. The first kappa shape index (κ1) is 9.85. The van der Waals surface area contributed by atoms with Crippen molar-refractivity contribution in [2.75, 3.05) is 12.9 Å². The lowest BCUT2D eigenvalue weighted by Crippen LogP contribution is -1.93. The van der Waals surface area contributed by atoms with Gasteiger partial charge in [-0.2, -0.15) is 0 Å². The summed E-state index contributed by atoms with van der Waals surface area (Å²) in [6.07, 6.45) is 4.50. The third-order valence-electron chi connectivity index (χ3n) is 1.22. The SMILES string of the molecule is CC/C(C)=C/COS(C)=O. The van der Waals surface area contributed by atoms with Crippen LogP contribution in [-0.4, -0.2) is 17.1 Å². The summed E-state index contributed by atoms with van der Waals surface area (Å²) in [5.74, 6) is 0. The van der Waals surface area contributed by atoms with E-state index >= 15 is 0 Å². The molecular weight excluding hydrogens is 148 g/mol. The monoisotopic (exact) mass is 162 g/mol. The van der Waals surface area contributed by atoms with Gasteiger partial charge in [-0.3, -0.25) is 4.18 Å². The van der Waals surface area contributed by atoms with E-state index in [0.29, 0.717) is 6.61 Å². The number of allylic oxidation sites excluding steroid dienone is 1. The van der Waals surface area contributed by atoms with Gasteiger partial charge in [-0.15, -0.1) is 0 Å². The summed E-state index contributed by atoms with van der Waals surface area (Å²) in [5, 5.41) is 0. The summed E-state index contributed by atoms with van der Waals surface area (Å²) in [6.45, 7) is 4.57. The third-order valence-corrected chi connectivity index (χ3v) is 1.69. The molecular formula is C7H14O2S. The molecule has 0 aromatic carbocycles. The minimum atomic E-state index is -1.13. The zero-order chi connectivity index (χ0) is 7.98. The standard InChI is InChI=1S/C7H14O2S/c1-4-7(2)5-6-9-10(3)8/h5H,4,6H2,1-3H3/b7-5+. The van der Waals surface area contributed by atoms with Crippen LogP contribution in [0, 0.1) is 0 Å². The van der Waals surface area contributed by atoms with Crippen LogP contribution in [0.25, 0.3) is 0 Å². The summed E-state index contributed by atoms with van der Waals surface area (Å²) < 4.78 is 15.2. The van der Waals surface area contributed by atoms with Gasteiger partial charge in [-0.05, 0) is 13.3 Å². The van der Waals surface area contributed by atoms with Gasteiger partial charge in [0.25, 0.3) is 0 Å². The van der Waals surface area contributed by atoms with Crippen LogP contribution in [0.5, 0.6) is 0 Å². The van der Waals surface area contributed by atoms with Gasteiger partial charge in [-0.1, -0.05) is 18.6 Å². The number of rotatable bonds is 4. The van der Waals surface area contributed by atoms with E-state index in [-0.39, 0.29) is 0 Å². The Labute approximate surface area is 64.9 Å². The topological polar surface area (TPSA) is 26.3 Å². The fraction of sp³-hybridized carbons (Fsp3) is 0.714. The quantitative estimate of drug-likeness (QED) is 0.587. The minimum Gasteiger partial charge on any atom is -0.287 e. The predicted octanol–water partition coefficient (Wildman–Crippen LogP) is 1.65. The molecule has 0 N–H and O–H groups in total. The molecule has 0 saturated carbocycles. The number of hydrogen-bond acceptors (Lipinski definition) is 2. The highest BCUT2D eigenvalue weighted by Crippen LogP contribution is 1.97. The van der Waals surface area contributed by atoms with Crippen LogP contribution < -0.4 is 0 Å². The maximum atomic E-state index is 10.4. The van der Waals surface area contributed by atoms with Gasteiger partial charge in [0.05, 0.1) is 6.61 Å². The van der Waals surface area contributed by atoms with E-state index in [1.54, 1.807) is 0 Å². The Balaban J connectivity index is 3.43. The van der Waals surface area contributed by atoms with Crippen LogP contribution in [-0.2, 0) is 15.3 Å². The molecule has 10 heavy (non-hydrogen) atoms. The molecule has 0 aromatic rings. The molecule has 0 aromatic heterocycles. The van der Waals surface area contributed by atoms with E-state index in [2.05, 4.69) is 6.92 Å². The van der Waals surface area contributed by atoms with Gasteiger partial charge in [-0.25, -0.2) is 4.21 Å². The van der Waals surface area contributed by atoms with Crippen LogP contribution >= 0.6 is 0 Å². The van der Waals surface area contributed by atoms with Gasteiger partial charge < -0.3 is 0 Å². The van der Waals surface area contributed by atoms with E-state index in [9.17, 15) is 4.21 Å². The molecule has 3 heteroatoms. The maximum absolute atomic E-state index is 10.4. The van der Waals surface area contributed by atoms with Crippen molar-refractivity contribution >= 4 is 11.1 Å². The highest BCUT2D eigenvalue weighted by atomic mass is 32.2. The lowest BCUT2D eigenvalue weighted by atomic mass is 10.2. The summed E-state index contributed by atoms with van der Waals surface area (Å²) in [4.78, 5) is 0. The first-order chi connectivity index (χ1) is 4.66. The second kappa shape index (κ2) is 5.62. The average Bonchev–Trinajstić information content (AvgIpc) is 1.87. The average molecular weight is 162 g/mol. The zero-order valence-electron chi connectivity index (χ0n) is 6.72. The highest BCUT2D eigenvalue weighted by Gasteiger charge is 1.87. The Hall–Kier alpha value is -0.150. The van der Waals surface area contributed by atoms with Gasteiger partial charge in [0.1, 0.15) is 0 Å². The van der Waals surface area contributed by atoms with Gasteiger partial charge >= 0.3 is 0 Å².